The summed E-state index contributed by atoms with van der Waals surface area (Å²) in [6, 6.07) is 8.42. The Kier molecular flexibility index (Phi) is 4.35. The maximum absolute atomic E-state index is 10.5. The Morgan fingerprint density at radius 3 is 2.27 bits per heavy atom. The molecule has 0 fully saturated rings. The second kappa shape index (κ2) is 5.54. The number of benzene rings is 1. The Balaban J connectivity index is 2.53. The van der Waals surface area contributed by atoms with Crippen molar-refractivity contribution >= 4 is 5.97 Å². The molecule has 0 aliphatic heterocycles. The number of hydrogen-bond acceptors (Lipinski definition) is 1. The van der Waals surface area contributed by atoms with E-state index in [2.05, 4.69) is 31.2 Å². The number of rotatable bonds is 5. The molecule has 1 aromatic rings. The van der Waals surface area contributed by atoms with Crippen LogP contribution in [-0.4, -0.2) is 11.1 Å². The van der Waals surface area contributed by atoms with Gasteiger partial charge in [-0.2, -0.15) is 0 Å². The predicted molar refractivity (Wildman–Crippen MR) is 60.9 cm³/mol. The lowest BCUT2D eigenvalue weighted by molar-refractivity contribution is -0.137. The van der Waals surface area contributed by atoms with Crippen molar-refractivity contribution in [1.29, 1.82) is 0 Å². The van der Waals surface area contributed by atoms with Gasteiger partial charge in [0.15, 0.2) is 0 Å². The zero-order chi connectivity index (χ0) is 11.3. The summed E-state index contributed by atoms with van der Waals surface area (Å²) in [4.78, 5) is 10.5. The van der Waals surface area contributed by atoms with Gasteiger partial charge in [-0.1, -0.05) is 38.1 Å². The van der Waals surface area contributed by atoms with Crippen LogP contribution in [0.4, 0.5) is 0 Å². The highest BCUT2D eigenvalue weighted by Gasteiger charge is 2.08. The molecule has 1 rings (SSSR count). The molecule has 0 heterocycles. The van der Waals surface area contributed by atoms with Gasteiger partial charge in [0.25, 0.3) is 0 Å². The molecular weight excluding hydrogens is 188 g/mol. The number of aliphatic carboxylic acids is 1. The summed E-state index contributed by atoms with van der Waals surface area (Å²) < 4.78 is 0. The highest BCUT2D eigenvalue weighted by Crippen LogP contribution is 2.13. The maximum Gasteiger partial charge on any atom is 0.303 e. The lowest BCUT2D eigenvalue weighted by Crippen LogP contribution is -2.06. The summed E-state index contributed by atoms with van der Waals surface area (Å²) in [6.45, 7) is 4.10. The molecule has 15 heavy (non-hydrogen) atoms. The molecule has 0 saturated carbocycles. The van der Waals surface area contributed by atoms with Crippen LogP contribution in [0.15, 0.2) is 24.3 Å². The second-order valence-electron chi connectivity index (χ2n) is 4.08. The molecule has 1 aromatic carbocycles. The fraction of sp³-hybridized carbons (Fsp3) is 0.462. The first-order valence-corrected chi connectivity index (χ1v) is 5.41. The predicted octanol–water partition coefficient (Wildman–Crippen LogP) is 2.90. The zero-order valence-corrected chi connectivity index (χ0v) is 9.36. The van der Waals surface area contributed by atoms with Crippen LogP contribution in [0, 0.1) is 5.92 Å². The van der Waals surface area contributed by atoms with E-state index < -0.39 is 5.97 Å². The van der Waals surface area contributed by atoms with Gasteiger partial charge in [0.1, 0.15) is 0 Å². The Bertz CT molecular complexity index is 314. The Labute approximate surface area is 90.9 Å². The van der Waals surface area contributed by atoms with Crippen molar-refractivity contribution in [3.63, 3.8) is 0 Å². The molecule has 0 aliphatic carbocycles. The Morgan fingerprint density at radius 1 is 1.27 bits per heavy atom. The van der Waals surface area contributed by atoms with Crippen LogP contribution < -0.4 is 0 Å². The fourth-order valence-corrected chi connectivity index (χ4v) is 1.68. The van der Waals surface area contributed by atoms with Crippen LogP contribution >= 0.6 is 0 Å². The third-order valence-corrected chi connectivity index (χ3v) is 2.54. The average Bonchev–Trinajstić information content (AvgIpc) is 2.17. The highest BCUT2D eigenvalue weighted by atomic mass is 16.4. The van der Waals surface area contributed by atoms with Crippen molar-refractivity contribution in [2.75, 3.05) is 0 Å². The third kappa shape index (κ3) is 4.15. The summed E-state index contributed by atoms with van der Waals surface area (Å²) in [5.41, 5.74) is 2.55. The average molecular weight is 206 g/mol. The monoisotopic (exact) mass is 206 g/mol. The highest BCUT2D eigenvalue weighted by molar-refractivity contribution is 5.67. The molecule has 0 bridgehead atoms. The van der Waals surface area contributed by atoms with Crippen molar-refractivity contribution < 1.29 is 9.90 Å². The van der Waals surface area contributed by atoms with E-state index in [9.17, 15) is 4.79 Å². The quantitative estimate of drug-likeness (QED) is 0.804. The van der Waals surface area contributed by atoms with Gasteiger partial charge < -0.3 is 5.11 Å². The summed E-state index contributed by atoms with van der Waals surface area (Å²) in [6.07, 6.45) is 2.14. The van der Waals surface area contributed by atoms with Crippen molar-refractivity contribution in [3.05, 3.63) is 35.4 Å². The third-order valence-electron chi connectivity index (χ3n) is 2.54. The van der Waals surface area contributed by atoms with E-state index >= 15 is 0 Å². The number of aryl methyl sites for hydroxylation is 1. The number of carboxylic acids is 1. The molecule has 1 atom stereocenters. The van der Waals surface area contributed by atoms with E-state index in [1.165, 1.54) is 11.1 Å². The summed E-state index contributed by atoms with van der Waals surface area (Å²) >= 11 is 0. The van der Waals surface area contributed by atoms with E-state index in [1.54, 1.807) is 0 Å². The molecule has 0 amide bonds. The molecule has 82 valence electrons. The van der Waals surface area contributed by atoms with Crippen molar-refractivity contribution in [3.8, 4) is 0 Å². The summed E-state index contributed by atoms with van der Waals surface area (Å²) in [5.74, 6) is -0.511. The van der Waals surface area contributed by atoms with Gasteiger partial charge in [-0.05, 0) is 29.9 Å². The lowest BCUT2D eigenvalue weighted by atomic mass is 9.97. The van der Waals surface area contributed by atoms with Crippen LogP contribution in [0.3, 0.4) is 0 Å². The minimum absolute atomic E-state index is 0.204. The van der Waals surface area contributed by atoms with Gasteiger partial charge >= 0.3 is 5.97 Å². The van der Waals surface area contributed by atoms with Crippen LogP contribution in [0.1, 0.15) is 31.4 Å². The van der Waals surface area contributed by atoms with Crippen LogP contribution in [0.25, 0.3) is 0 Å². The molecule has 1 unspecified atom stereocenters. The first kappa shape index (κ1) is 11.8. The topological polar surface area (TPSA) is 37.3 Å². The van der Waals surface area contributed by atoms with Crippen molar-refractivity contribution in [2.24, 2.45) is 5.92 Å². The number of carbonyl (C=O) groups is 1. The van der Waals surface area contributed by atoms with Gasteiger partial charge in [0.05, 0.1) is 0 Å². The van der Waals surface area contributed by atoms with Crippen molar-refractivity contribution in [2.45, 2.75) is 33.1 Å². The number of carboxylic acid groups (broad SMARTS) is 1. The SMILES string of the molecule is CCc1ccc(CC(C)CC(=O)O)cc1. The first-order valence-electron chi connectivity index (χ1n) is 5.41. The zero-order valence-electron chi connectivity index (χ0n) is 9.36. The minimum Gasteiger partial charge on any atom is -0.481 e. The summed E-state index contributed by atoms with van der Waals surface area (Å²) in [5, 5.41) is 8.64. The fourth-order valence-electron chi connectivity index (χ4n) is 1.68. The van der Waals surface area contributed by atoms with E-state index in [-0.39, 0.29) is 12.3 Å². The number of hydrogen-bond donors (Lipinski definition) is 1. The first-order chi connectivity index (χ1) is 7.11. The standard InChI is InChI=1S/C13H18O2/c1-3-11-4-6-12(7-5-11)8-10(2)9-13(14)15/h4-7,10H,3,8-9H2,1-2H3,(H,14,15). The molecular formula is C13H18O2. The molecule has 1 N–H and O–H groups in total. The van der Waals surface area contributed by atoms with E-state index in [0.717, 1.165) is 12.8 Å². The van der Waals surface area contributed by atoms with Crippen molar-refractivity contribution in [1.82, 2.24) is 0 Å². The van der Waals surface area contributed by atoms with Gasteiger partial charge in [-0.25, -0.2) is 0 Å². The lowest BCUT2D eigenvalue weighted by Gasteiger charge is -2.08. The Morgan fingerprint density at radius 2 is 1.80 bits per heavy atom. The normalized spacial score (nSPS) is 12.4. The van der Waals surface area contributed by atoms with Gasteiger partial charge in [0.2, 0.25) is 0 Å². The van der Waals surface area contributed by atoms with Gasteiger partial charge in [0, 0.05) is 6.42 Å². The molecule has 2 nitrogen and oxygen atoms in total. The van der Waals surface area contributed by atoms with Gasteiger partial charge in [-0.3, -0.25) is 4.79 Å². The minimum atomic E-state index is -0.715. The summed E-state index contributed by atoms with van der Waals surface area (Å²) in [7, 11) is 0. The molecule has 0 aromatic heterocycles. The van der Waals surface area contributed by atoms with E-state index in [0.29, 0.717) is 0 Å². The van der Waals surface area contributed by atoms with E-state index in [1.807, 2.05) is 6.92 Å². The molecule has 0 spiro atoms. The largest absolute Gasteiger partial charge is 0.481 e. The molecule has 0 radical (unpaired) electrons. The molecule has 0 saturated heterocycles. The van der Waals surface area contributed by atoms with Crippen LogP contribution in [0.2, 0.25) is 0 Å². The molecule has 2 heteroatoms. The van der Waals surface area contributed by atoms with Gasteiger partial charge in [-0.15, -0.1) is 0 Å². The Hall–Kier alpha value is -1.31. The maximum atomic E-state index is 10.5. The molecule has 0 aliphatic rings. The van der Waals surface area contributed by atoms with Crippen LogP contribution in [0.5, 0.6) is 0 Å². The smallest absolute Gasteiger partial charge is 0.303 e. The van der Waals surface area contributed by atoms with E-state index in [4.69, 9.17) is 5.11 Å². The second-order valence-corrected chi connectivity index (χ2v) is 4.08. The van der Waals surface area contributed by atoms with Crippen LogP contribution in [-0.2, 0) is 17.6 Å².